The summed E-state index contributed by atoms with van der Waals surface area (Å²) in [5, 5.41) is 10.3. The van der Waals surface area contributed by atoms with Crippen molar-refractivity contribution in [2.24, 2.45) is 5.92 Å². The molecule has 0 aromatic carbocycles. The zero-order valence-corrected chi connectivity index (χ0v) is 5.72. The topological polar surface area (TPSA) is 40.1 Å². The molecule has 1 rings (SSSR count). The minimum atomic E-state index is -3.04. The Labute approximate surface area is 62.5 Å². The molecule has 0 saturated heterocycles. The highest BCUT2D eigenvalue weighted by molar-refractivity contribution is 5.93. The van der Waals surface area contributed by atoms with Gasteiger partial charge in [-0.05, 0) is 18.9 Å². The highest BCUT2D eigenvalue weighted by Gasteiger charge is 2.27. The van der Waals surface area contributed by atoms with E-state index in [4.69, 9.17) is 0 Å². The monoisotopic (exact) mass is 161 g/mol. The number of carbonyl (C=O) groups excluding carboxylic acids is 1. The average Bonchev–Trinajstić information content (AvgIpc) is 2.67. The summed E-state index contributed by atoms with van der Waals surface area (Å²) >= 11 is 0. The van der Waals surface area contributed by atoms with Gasteiger partial charge in [0.05, 0.1) is 0 Å². The van der Waals surface area contributed by atoms with Gasteiger partial charge in [0.1, 0.15) is 0 Å². The molecule has 0 spiro atoms. The van der Waals surface area contributed by atoms with Gasteiger partial charge in [-0.25, -0.2) is 8.78 Å². The van der Waals surface area contributed by atoms with E-state index in [1.54, 1.807) is 0 Å². The maximum absolute atomic E-state index is 11.5. The van der Waals surface area contributed by atoms with E-state index in [2.05, 4.69) is 0 Å². The second-order valence-corrected chi connectivity index (χ2v) is 2.52. The molecule has 0 amide bonds. The highest BCUT2D eigenvalue weighted by Crippen LogP contribution is 2.30. The van der Waals surface area contributed by atoms with Gasteiger partial charge >= 0.3 is 0 Å². The Bertz CT molecular complexity index is 195. The van der Waals surface area contributed by atoms with Gasteiger partial charge in [-0.3, -0.25) is 4.79 Å². The van der Waals surface area contributed by atoms with Crippen LogP contribution in [0, 0.1) is 5.92 Å². The first kappa shape index (κ1) is 8.17. The molecule has 1 saturated carbocycles. The van der Waals surface area contributed by atoms with Crippen molar-refractivity contribution in [3.05, 3.63) is 11.8 Å². The minimum absolute atomic E-state index is 0.155. The summed E-state index contributed by atoms with van der Waals surface area (Å²) in [6.45, 7) is 0. The number of rotatable bonds is 3. The van der Waals surface area contributed by atoms with E-state index in [1.165, 1.54) is 0 Å². The van der Waals surface area contributed by atoms with Gasteiger partial charge < -0.3 is 5.11 Å². The summed E-state index contributed by atoms with van der Waals surface area (Å²) < 4.78 is 23.1. The van der Waals surface area contributed by atoms with Crippen LogP contribution in [0.2, 0.25) is 0 Å². The predicted octanol–water partition coefficient (Wildman–Crippen LogP) is 0.475. The normalized spacial score (nSPS) is 19.0. The summed E-state index contributed by atoms with van der Waals surface area (Å²) in [6, 6.07) is 0. The summed E-state index contributed by atoms with van der Waals surface area (Å²) in [7, 11) is 0. The summed E-state index contributed by atoms with van der Waals surface area (Å²) in [5.74, 6) is -1.98. The summed E-state index contributed by atoms with van der Waals surface area (Å²) in [4.78, 5) is 10.7. The van der Waals surface area contributed by atoms with E-state index in [-0.39, 0.29) is 5.92 Å². The molecule has 11 heavy (non-hydrogen) atoms. The third kappa shape index (κ3) is 2.29. The molecule has 0 aromatic rings. The first-order valence-corrected chi connectivity index (χ1v) is 3.32. The van der Waals surface area contributed by atoms with Crippen LogP contribution in [0.5, 0.6) is 0 Å². The molecule has 2 nitrogen and oxygen atoms in total. The molecule has 4 heteroatoms. The molecule has 1 aliphatic carbocycles. The van der Waals surface area contributed by atoms with Crippen LogP contribution in [0.25, 0.3) is 0 Å². The number of carbonyl (C=O) groups is 1. The van der Waals surface area contributed by atoms with Crippen LogP contribution in [-0.2, 0) is 4.79 Å². The van der Waals surface area contributed by atoms with Gasteiger partial charge in [-0.2, -0.15) is 0 Å². The molecule has 62 valence electrons. The first-order valence-electron chi connectivity index (χ1n) is 3.32. The van der Waals surface area contributed by atoms with E-state index in [1.807, 2.05) is 0 Å². The van der Waals surface area contributed by atoms with E-state index in [9.17, 15) is 18.7 Å². The minimum Gasteiger partial charge on any atom is -0.872 e. The number of allylic oxidation sites excluding steroid dienone is 2. The molecule has 0 unspecified atom stereocenters. The Balaban J connectivity index is 2.48. The van der Waals surface area contributed by atoms with E-state index < -0.39 is 18.0 Å². The lowest BCUT2D eigenvalue weighted by Crippen LogP contribution is -2.14. The van der Waals surface area contributed by atoms with Gasteiger partial charge in [0.15, 0.2) is 5.78 Å². The van der Waals surface area contributed by atoms with Crippen molar-refractivity contribution < 1.29 is 18.7 Å². The molecule has 0 bridgehead atoms. The number of halogens is 2. The molecule has 0 atom stereocenters. The van der Waals surface area contributed by atoms with E-state index >= 15 is 0 Å². The van der Waals surface area contributed by atoms with Crippen molar-refractivity contribution in [1.29, 1.82) is 0 Å². The van der Waals surface area contributed by atoms with Gasteiger partial charge in [0, 0.05) is 5.92 Å². The van der Waals surface area contributed by atoms with Crippen LogP contribution < -0.4 is 5.11 Å². The molecule has 0 aliphatic heterocycles. The number of hydrogen-bond acceptors (Lipinski definition) is 2. The van der Waals surface area contributed by atoms with Crippen LogP contribution in [-0.4, -0.2) is 12.2 Å². The zero-order valence-electron chi connectivity index (χ0n) is 5.72. The van der Waals surface area contributed by atoms with Crippen molar-refractivity contribution in [1.82, 2.24) is 0 Å². The molecular formula is C7H7F2O2-. The lowest BCUT2D eigenvalue weighted by atomic mass is 10.2. The molecule has 0 aromatic heterocycles. The SMILES string of the molecule is O=C(/C=C(/[O-])C(F)F)C1CC1. The van der Waals surface area contributed by atoms with Gasteiger partial charge in [-0.1, -0.05) is 5.76 Å². The zero-order chi connectivity index (χ0) is 8.43. The average molecular weight is 161 g/mol. The van der Waals surface area contributed by atoms with Gasteiger partial charge in [-0.15, -0.1) is 0 Å². The third-order valence-electron chi connectivity index (χ3n) is 1.48. The smallest absolute Gasteiger partial charge is 0.250 e. The standard InChI is InChI=1S/C7H8F2O2/c8-7(9)6(11)3-5(10)4-1-2-4/h3-4,7,11H,1-2H2/p-1/b6-3+. The quantitative estimate of drug-likeness (QED) is 0.446. The molecule has 0 radical (unpaired) electrons. The van der Waals surface area contributed by atoms with Gasteiger partial charge in [0.2, 0.25) is 6.43 Å². The first-order chi connectivity index (χ1) is 5.11. The maximum Gasteiger partial charge on any atom is 0.250 e. The second kappa shape index (κ2) is 2.98. The summed E-state index contributed by atoms with van der Waals surface area (Å²) in [6.07, 6.45) is -1.07. The van der Waals surface area contributed by atoms with Crippen LogP contribution in [0.15, 0.2) is 11.8 Å². The Kier molecular flexibility index (Phi) is 2.22. The molecule has 0 heterocycles. The van der Waals surface area contributed by atoms with Crippen molar-refractivity contribution in [3.8, 4) is 0 Å². The molecular weight excluding hydrogens is 154 g/mol. The number of alkyl halides is 2. The summed E-state index contributed by atoms with van der Waals surface area (Å²) in [5.41, 5.74) is 0. The highest BCUT2D eigenvalue weighted by atomic mass is 19.3. The Hall–Kier alpha value is -0.930. The fourth-order valence-electron chi connectivity index (χ4n) is 0.689. The van der Waals surface area contributed by atoms with E-state index in [0.29, 0.717) is 6.08 Å². The van der Waals surface area contributed by atoms with Crippen molar-refractivity contribution in [2.45, 2.75) is 19.3 Å². The molecule has 1 fully saturated rings. The Morgan fingerprint density at radius 1 is 1.55 bits per heavy atom. The lowest BCUT2D eigenvalue weighted by molar-refractivity contribution is -0.323. The van der Waals surface area contributed by atoms with Crippen LogP contribution in [0.3, 0.4) is 0 Å². The van der Waals surface area contributed by atoms with Crippen molar-refractivity contribution in [2.75, 3.05) is 0 Å². The Morgan fingerprint density at radius 2 is 2.09 bits per heavy atom. The van der Waals surface area contributed by atoms with Crippen molar-refractivity contribution in [3.63, 3.8) is 0 Å². The second-order valence-electron chi connectivity index (χ2n) is 2.52. The fourth-order valence-corrected chi connectivity index (χ4v) is 0.689. The molecule has 1 aliphatic rings. The fraction of sp³-hybridized carbons (Fsp3) is 0.571. The van der Waals surface area contributed by atoms with Crippen LogP contribution in [0.4, 0.5) is 8.78 Å². The van der Waals surface area contributed by atoms with E-state index in [0.717, 1.165) is 12.8 Å². The molecule has 0 N–H and O–H groups in total. The maximum atomic E-state index is 11.5. The van der Waals surface area contributed by atoms with Crippen LogP contribution >= 0.6 is 0 Å². The number of ketones is 1. The lowest BCUT2D eigenvalue weighted by Gasteiger charge is -2.08. The largest absolute Gasteiger partial charge is 0.872 e. The van der Waals surface area contributed by atoms with Gasteiger partial charge in [0.25, 0.3) is 0 Å². The number of hydrogen-bond donors (Lipinski definition) is 0. The van der Waals surface area contributed by atoms with Crippen LogP contribution in [0.1, 0.15) is 12.8 Å². The predicted molar refractivity (Wildman–Crippen MR) is 31.8 cm³/mol. The van der Waals surface area contributed by atoms with Crippen molar-refractivity contribution >= 4 is 5.78 Å². The third-order valence-corrected chi connectivity index (χ3v) is 1.48. The Morgan fingerprint density at radius 3 is 2.45 bits per heavy atom.